The zero-order valence-electron chi connectivity index (χ0n) is 13.0. The summed E-state index contributed by atoms with van der Waals surface area (Å²) < 4.78 is 39.5. The SMILES string of the molecule is Cc1nc2cnc(N3CCn4nc(C(F)(F)F)nc4C3)cc2c(=O)[nH]1. The first-order valence-corrected chi connectivity index (χ1v) is 7.44. The van der Waals surface area contributed by atoms with Crippen LogP contribution < -0.4 is 10.5 Å². The first-order valence-electron chi connectivity index (χ1n) is 7.44. The molecule has 0 bridgehead atoms. The average Bonchev–Trinajstić information content (AvgIpc) is 2.98. The smallest absolute Gasteiger partial charge is 0.347 e. The molecular formula is C14H12F3N7O. The molecule has 0 radical (unpaired) electrons. The number of aryl methyl sites for hydroxylation is 1. The predicted octanol–water partition coefficient (Wildman–Crippen LogP) is 1.26. The Balaban J connectivity index is 1.69. The number of aromatic amines is 1. The number of H-pyrrole nitrogens is 1. The first-order chi connectivity index (χ1) is 11.8. The normalized spacial score (nSPS) is 14.8. The third kappa shape index (κ3) is 2.71. The maximum atomic E-state index is 12.7. The highest BCUT2D eigenvalue weighted by Gasteiger charge is 2.38. The number of hydrogen-bond acceptors (Lipinski definition) is 6. The summed E-state index contributed by atoms with van der Waals surface area (Å²) in [6, 6.07) is 1.58. The third-order valence-electron chi connectivity index (χ3n) is 3.94. The molecule has 0 spiro atoms. The second-order valence-corrected chi connectivity index (χ2v) is 5.71. The van der Waals surface area contributed by atoms with Gasteiger partial charge < -0.3 is 9.88 Å². The molecular weight excluding hydrogens is 339 g/mol. The van der Waals surface area contributed by atoms with Gasteiger partial charge in [-0.25, -0.2) is 19.6 Å². The summed E-state index contributed by atoms with van der Waals surface area (Å²) in [5.41, 5.74) is 0.176. The molecule has 0 aliphatic carbocycles. The fourth-order valence-corrected chi connectivity index (χ4v) is 2.77. The van der Waals surface area contributed by atoms with Crippen molar-refractivity contribution in [2.45, 2.75) is 26.2 Å². The van der Waals surface area contributed by atoms with E-state index in [-0.39, 0.29) is 24.5 Å². The van der Waals surface area contributed by atoms with Crippen LogP contribution in [0.1, 0.15) is 17.5 Å². The molecule has 0 amide bonds. The second-order valence-electron chi connectivity index (χ2n) is 5.71. The lowest BCUT2D eigenvalue weighted by Gasteiger charge is -2.27. The number of anilines is 1. The lowest BCUT2D eigenvalue weighted by Crippen LogP contribution is -2.34. The molecule has 0 aromatic carbocycles. The molecule has 0 unspecified atom stereocenters. The van der Waals surface area contributed by atoms with Gasteiger partial charge in [0.05, 0.1) is 30.2 Å². The fourth-order valence-electron chi connectivity index (χ4n) is 2.77. The van der Waals surface area contributed by atoms with E-state index in [1.807, 2.05) is 0 Å². The van der Waals surface area contributed by atoms with Crippen LogP contribution in [0.5, 0.6) is 0 Å². The van der Waals surface area contributed by atoms with E-state index in [0.717, 1.165) is 0 Å². The number of alkyl halides is 3. The minimum absolute atomic E-state index is 0.124. The van der Waals surface area contributed by atoms with Gasteiger partial charge in [0.2, 0.25) is 0 Å². The summed E-state index contributed by atoms with van der Waals surface area (Å²) in [4.78, 5) is 28.5. The van der Waals surface area contributed by atoms with Gasteiger partial charge in [-0.1, -0.05) is 0 Å². The number of aromatic nitrogens is 6. The molecule has 25 heavy (non-hydrogen) atoms. The molecule has 4 rings (SSSR count). The molecule has 1 N–H and O–H groups in total. The summed E-state index contributed by atoms with van der Waals surface area (Å²) in [7, 11) is 0. The summed E-state index contributed by atoms with van der Waals surface area (Å²) in [6.07, 6.45) is -3.10. The van der Waals surface area contributed by atoms with Crippen LogP contribution in [0.2, 0.25) is 0 Å². The first kappa shape index (κ1) is 15.5. The van der Waals surface area contributed by atoms with Gasteiger partial charge in [-0.2, -0.15) is 13.2 Å². The Morgan fingerprint density at radius 3 is 2.80 bits per heavy atom. The molecule has 3 aromatic rings. The van der Waals surface area contributed by atoms with Crippen molar-refractivity contribution in [3.05, 3.63) is 40.1 Å². The van der Waals surface area contributed by atoms with E-state index >= 15 is 0 Å². The van der Waals surface area contributed by atoms with Crippen molar-refractivity contribution < 1.29 is 13.2 Å². The third-order valence-corrected chi connectivity index (χ3v) is 3.94. The summed E-state index contributed by atoms with van der Waals surface area (Å²) in [5, 5.41) is 3.87. The Kier molecular flexibility index (Phi) is 3.27. The van der Waals surface area contributed by atoms with Crippen LogP contribution in [0.3, 0.4) is 0 Å². The quantitative estimate of drug-likeness (QED) is 0.709. The van der Waals surface area contributed by atoms with Crippen LogP contribution in [0.4, 0.5) is 19.0 Å². The van der Waals surface area contributed by atoms with Crippen molar-refractivity contribution in [2.24, 2.45) is 0 Å². The second kappa shape index (κ2) is 5.26. The van der Waals surface area contributed by atoms with E-state index in [9.17, 15) is 18.0 Å². The van der Waals surface area contributed by atoms with Crippen LogP contribution in [-0.4, -0.2) is 36.3 Å². The Morgan fingerprint density at radius 1 is 1.24 bits per heavy atom. The highest BCUT2D eigenvalue weighted by atomic mass is 19.4. The van der Waals surface area contributed by atoms with Crippen LogP contribution in [-0.2, 0) is 19.3 Å². The lowest BCUT2D eigenvalue weighted by atomic mass is 10.2. The number of rotatable bonds is 1. The Bertz CT molecular complexity index is 1020. The van der Waals surface area contributed by atoms with E-state index in [0.29, 0.717) is 29.1 Å². The highest BCUT2D eigenvalue weighted by Crippen LogP contribution is 2.28. The Labute approximate surface area is 138 Å². The van der Waals surface area contributed by atoms with E-state index in [4.69, 9.17) is 0 Å². The standard InChI is InChI=1S/C14H12F3N7O/c1-7-19-9-5-18-10(4-8(9)12(25)20-7)23-2-3-24-11(6-23)21-13(22-24)14(15,16)17/h4-5H,2-3,6H2,1H3,(H,19,20,25). The van der Waals surface area contributed by atoms with Gasteiger partial charge in [-0.15, -0.1) is 5.10 Å². The van der Waals surface area contributed by atoms with Crippen molar-refractivity contribution in [2.75, 3.05) is 11.4 Å². The largest absolute Gasteiger partial charge is 0.453 e. The molecule has 130 valence electrons. The van der Waals surface area contributed by atoms with Crippen molar-refractivity contribution in [3.63, 3.8) is 0 Å². The van der Waals surface area contributed by atoms with Gasteiger partial charge in [-0.05, 0) is 13.0 Å². The maximum Gasteiger partial charge on any atom is 0.453 e. The van der Waals surface area contributed by atoms with E-state index < -0.39 is 12.0 Å². The summed E-state index contributed by atoms with van der Waals surface area (Å²) >= 11 is 0. The molecule has 0 saturated heterocycles. The van der Waals surface area contributed by atoms with Crippen molar-refractivity contribution in [1.82, 2.24) is 29.7 Å². The zero-order valence-corrected chi connectivity index (χ0v) is 13.0. The summed E-state index contributed by atoms with van der Waals surface area (Å²) in [6.45, 7) is 2.45. The summed E-state index contributed by atoms with van der Waals surface area (Å²) in [5.74, 6) is 0.0209. The van der Waals surface area contributed by atoms with Gasteiger partial charge >= 0.3 is 6.18 Å². The van der Waals surface area contributed by atoms with Crippen molar-refractivity contribution in [3.8, 4) is 0 Å². The maximum absolute atomic E-state index is 12.7. The fraction of sp³-hybridized carbons (Fsp3) is 0.357. The highest BCUT2D eigenvalue weighted by molar-refractivity contribution is 5.79. The lowest BCUT2D eigenvalue weighted by molar-refractivity contribution is -0.145. The minimum atomic E-state index is -4.58. The molecule has 1 aliphatic rings. The van der Waals surface area contributed by atoms with Gasteiger partial charge in [0.15, 0.2) is 0 Å². The van der Waals surface area contributed by atoms with Crippen LogP contribution >= 0.6 is 0 Å². The number of nitrogens with one attached hydrogen (secondary N) is 1. The molecule has 3 aromatic heterocycles. The van der Waals surface area contributed by atoms with E-state index in [1.54, 1.807) is 17.9 Å². The van der Waals surface area contributed by atoms with Crippen LogP contribution in [0.25, 0.3) is 10.9 Å². The predicted molar refractivity (Wildman–Crippen MR) is 81.0 cm³/mol. The van der Waals surface area contributed by atoms with Crippen molar-refractivity contribution >= 4 is 16.7 Å². The molecule has 8 nitrogen and oxygen atoms in total. The van der Waals surface area contributed by atoms with Crippen LogP contribution in [0.15, 0.2) is 17.1 Å². The Morgan fingerprint density at radius 2 is 2.04 bits per heavy atom. The number of halogens is 3. The number of fused-ring (bicyclic) bond motifs is 2. The van der Waals surface area contributed by atoms with Gasteiger partial charge in [0.25, 0.3) is 11.4 Å². The molecule has 0 saturated carbocycles. The monoisotopic (exact) mass is 351 g/mol. The van der Waals surface area contributed by atoms with E-state index in [2.05, 4.69) is 25.0 Å². The van der Waals surface area contributed by atoms with E-state index in [1.165, 1.54) is 10.9 Å². The molecule has 0 atom stereocenters. The zero-order chi connectivity index (χ0) is 17.8. The van der Waals surface area contributed by atoms with Gasteiger partial charge in [0, 0.05) is 6.54 Å². The minimum Gasteiger partial charge on any atom is -0.347 e. The van der Waals surface area contributed by atoms with Gasteiger partial charge in [-0.3, -0.25) is 4.79 Å². The number of hydrogen-bond donors (Lipinski definition) is 1. The average molecular weight is 351 g/mol. The molecule has 0 fully saturated rings. The molecule has 1 aliphatic heterocycles. The van der Waals surface area contributed by atoms with Gasteiger partial charge in [0.1, 0.15) is 17.5 Å². The number of nitrogens with zero attached hydrogens (tertiary/aromatic N) is 6. The van der Waals surface area contributed by atoms with Crippen LogP contribution in [0, 0.1) is 6.92 Å². The van der Waals surface area contributed by atoms with Crippen molar-refractivity contribution in [1.29, 1.82) is 0 Å². The molecule has 11 heteroatoms. The molecule has 4 heterocycles. The topological polar surface area (TPSA) is 92.6 Å². The Hall–Kier alpha value is -2.98. The number of pyridine rings is 1.